The molecule has 1 heterocycles. The second-order valence-corrected chi connectivity index (χ2v) is 7.38. The number of carbonyl (C=O) groups excluding carboxylic acids is 1. The highest BCUT2D eigenvalue weighted by Gasteiger charge is 2.23. The maximum atomic E-state index is 12.2. The number of thioether (sulfide) groups is 1. The van der Waals surface area contributed by atoms with Gasteiger partial charge in [-0.1, -0.05) is 49.2 Å². The Labute approximate surface area is 146 Å². The van der Waals surface area contributed by atoms with Gasteiger partial charge >= 0.3 is 0 Å². The zero-order valence-electron chi connectivity index (χ0n) is 14.1. The van der Waals surface area contributed by atoms with Gasteiger partial charge in [-0.25, -0.2) is 0 Å². The lowest BCUT2D eigenvalue weighted by Gasteiger charge is -2.29. The molecule has 2 atom stereocenters. The topological polar surface area (TPSA) is 72.7 Å². The van der Waals surface area contributed by atoms with E-state index in [-0.39, 0.29) is 5.91 Å². The number of nitrogens with one attached hydrogen (secondary N) is 1. The highest BCUT2D eigenvalue weighted by Crippen LogP contribution is 2.24. The second-order valence-electron chi connectivity index (χ2n) is 6.43. The molecule has 3 rings (SSSR count). The third-order valence-electron chi connectivity index (χ3n) is 4.51. The average Bonchev–Trinajstić information content (AvgIpc) is 3.04. The summed E-state index contributed by atoms with van der Waals surface area (Å²) in [4.78, 5) is 12.2. The highest BCUT2D eigenvalue weighted by atomic mass is 32.2. The van der Waals surface area contributed by atoms with Crippen molar-refractivity contribution in [3.63, 3.8) is 0 Å². The van der Waals surface area contributed by atoms with Crippen molar-refractivity contribution in [1.82, 2.24) is 25.5 Å². The largest absolute Gasteiger partial charge is 0.352 e. The molecule has 7 heteroatoms. The van der Waals surface area contributed by atoms with Gasteiger partial charge in [-0.05, 0) is 48.2 Å². The molecule has 1 N–H and O–H groups in total. The Morgan fingerprint density at radius 3 is 2.79 bits per heavy atom. The Balaban J connectivity index is 1.58. The number of tetrazole rings is 1. The van der Waals surface area contributed by atoms with Crippen LogP contribution in [0.4, 0.5) is 0 Å². The van der Waals surface area contributed by atoms with E-state index in [1.807, 2.05) is 31.2 Å². The lowest BCUT2D eigenvalue weighted by Crippen LogP contribution is -2.41. The Bertz CT molecular complexity index is 685. The molecule has 1 fully saturated rings. The molecule has 1 aromatic carbocycles. The van der Waals surface area contributed by atoms with E-state index < -0.39 is 0 Å². The fraction of sp³-hybridized carbons (Fsp3) is 0.529. The lowest BCUT2D eigenvalue weighted by atomic mass is 9.86. The van der Waals surface area contributed by atoms with Gasteiger partial charge in [0.05, 0.1) is 11.4 Å². The van der Waals surface area contributed by atoms with Crippen molar-refractivity contribution in [3.05, 3.63) is 29.8 Å². The first-order chi connectivity index (χ1) is 11.6. The number of nitrogens with zero attached hydrogens (tertiary/aromatic N) is 4. The summed E-state index contributed by atoms with van der Waals surface area (Å²) < 4.78 is 1.67. The fourth-order valence-electron chi connectivity index (χ4n) is 3.03. The number of rotatable bonds is 5. The molecular formula is C17H23N5OS. The van der Waals surface area contributed by atoms with E-state index in [2.05, 4.69) is 27.8 Å². The lowest BCUT2D eigenvalue weighted by molar-refractivity contribution is -0.119. The van der Waals surface area contributed by atoms with E-state index in [0.29, 0.717) is 22.9 Å². The Hall–Kier alpha value is -1.89. The number of aromatic nitrogens is 4. The van der Waals surface area contributed by atoms with Gasteiger partial charge in [0.2, 0.25) is 11.1 Å². The van der Waals surface area contributed by atoms with Crippen LogP contribution < -0.4 is 5.32 Å². The first-order valence-electron chi connectivity index (χ1n) is 8.41. The molecule has 0 spiro atoms. The normalized spacial score (nSPS) is 20.8. The summed E-state index contributed by atoms with van der Waals surface area (Å²) in [6, 6.07) is 8.28. The van der Waals surface area contributed by atoms with E-state index in [9.17, 15) is 4.79 Å². The average molecular weight is 345 g/mol. The summed E-state index contributed by atoms with van der Waals surface area (Å²) in [5.41, 5.74) is 2.08. The van der Waals surface area contributed by atoms with Crippen molar-refractivity contribution in [2.75, 3.05) is 5.75 Å². The number of amides is 1. The van der Waals surface area contributed by atoms with Crippen LogP contribution in [0, 0.1) is 12.8 Å². The molecule has 24 heavy (non-hydrogen) atoms. The van der Waals surface area contributed by atoms with Crippen LogP contribution in [0.3, 0.4) is 0 Å². The minimum Gasteiger partial charge on any atom is -0.352 e. The van der Waals surface area contributed by atoms with Gasteiger partial charge in [0.15, 0.2) is 0 Å². The predicted molar refractivity (Wildman–Crippen MR) is 94.2 cm³/mol. The van der Waals surface area contributed by atoms with Crippen LogP contribution in [-0.2, 0) is 4.79 Å². The van der Waals surface area contributed by atoms with E-state index in [1.165, 1.54) is 36.6 Å². The summed E-state index contributed by atoms with van der Waals surface area (Å²) >= 11 is 1.37. The van der Waals surface area contributed by atoms with E-state index in [1.54, 1.807) is 4.68 Å². The Morgan fingerprint density at radius 2 is 2.04 bits per heavy atom. The maximum absolute atomic E-state index is 12.2. The summed E-state index contributed by atoms with van der Waals surface area (Å²) in [5, 5.41) is 15.6. The summed E-state index contributed by atoms with van der Waals surface area (Å²) in [6.45, 7) is 4.25. The molecule has 1 amide bonds. The SMILES string of the molecule is Cc1ccc(-n2nnnc2SCC(=O)N[C@@H]2CCCC[C@@H]2C)cc1. The van der Waals surface area contributed by atoms with Crippen LogP contribution in [0.15, 0.2) is 29.4 Å². The molecular weight excluding hydrogens is 322 g/mol. The van der Waals surface area contributed by atoms with Crippen molar-refractivity contribution in [1.29, 1.82) is 0 Å². The molecule has 2 aromatic rings. The molecule has 1 aliphatic rings. The highest BCUT2D eigenvalue weighted by molar-refractivity contribution is 7.99. The second kappa shape index (κ2) is 7.79. The zero-order chi connectivity index (χ0) is 16.9. The maximum Gasteiger partial charge on any atom is 0.230 e. The minimum atomic E-state index is 0.0530. The summed E-state index contributed by atoms with van der Waals surface area (Å²) in [6.07, 6.45) is 4.75. The van der Waals surface area contributed by atoms with E-state index >= 15 is 0 Å². The minimum absolute atomic E-state index is 0.0530. The first kappa shape index (κ1) is 17.0. The quantitative estimate of drug-likeness (QED) is 0.844. The van der Waals surface area contributed by atoms with Crippen LogP contribution in [0.2, 0.25) is 0 Å². The number of hydrogen-bond donors (Lipinski definition) is 1. The number of benzene rings is 1. The van der Waals surface area contributed by atoms with E-state index in [4.69, 9.17) is 0 Å². The number of aryl methyl sites for hydroxylation is 1. The Morgan fingerprint density at radius 1 is 1.29 bits per heavy atom. The Kier molecular flexibility index (Phi) is 5.50. The van der Waals surface area contributed by atoms with Crippen molar-refractivity contribution in [3.8, 4) is 5.69 Å². The van der Waals surface area contributed by atoms with Crippen molar-refractivity contribution >= 4 is 17.7 Å². The third-order valence-corrected chi connectivity index (χ3v) is 5.43. The predicted octanol–water partition coefficient (Wildman–Crippen LogP) is 2.76. The molecule has 128 valence electrons. The summed E-state index contributed by atoms with van der Waals surface area (Å²) in [7, 11) is 0. The first-order valence-corrected chi connectivity index (χ1v) is 9.39. The van der Waals surface area contributed by atoms with E-state index in [0.717, 1.165) is 12.1 Å². The molecule has 1 aromatic heterocycles. The number of hydrogen-bond acceptors (Lipinski definition) is 5. The molecule has 0 radical (unpaired) electrons. The van der Waals surface area contributed by atoms with Gasteiger partial charge in [-0.3, -0.25) is 4.79 Å². The van der Waals surface area contributed by atoms with Gasteiger partial charge < -0.3 is 5.32 Å². The van der Waals surface area contributed by atoms with Crippen LogP contribution >= 0.6 is 11.8 Å². The standard InChI is InChI=1S/C17H23N5OS/c1-12-7-9-14(10-8-12)22-17(19-20-21-22)24-11-16(23)18-15-6-4-3-5-13(15)2/h7-10,13,15H,3-6,11H2,1-2H3,(H,18,23)/t13-,15+/m0/s1. The van der Waals surface area contributed by atoms with Gasteiger partial charge in [0, 0.05) is 6.04 Å². The fourth-order valence-corrected chi connectivity index (χ4v) is 3.73. The third kappa shape index (κ3) is 4.14. The molecule has 0 aliphatic heterocycles. The van der Waals surface area contributed by atoms with Crippen LogP contribution in [0.1, 0.15) is 38.2 Å². The molecule has 6 nitrogen and oxygen atoms in total. The van der Waals surface area contributed by atoms with Gasteiger partial charge in [0.25, 0.3) is 0 Å². The van der Waals surface area contributed by atoms with Gasteiger partial charge in [-0.2, -0.15) is 4.68 Å². The molecule has 1 saturated carbocycles. The molecule has 0 bridgehead atoms. The van der Waals surface area contributed by atoms with Crippen LogP contribution in [0.5, 0.6) is 0 Å². The number of carbonyl (C=O) groups is 1. The van der Waals surface area contributed by atoms with Crippen LogP contribution in [0.25, 0.3) is 5.69 Å². The van der Waals surface area contributed by atoms with Crippen molar-refractivity contribution < 1.29 is 4.79 Å². The monoisotopic (exact) mass is 345 g/mol. The zero-order valence-corrected chi connectivity index (χ0v) is 14.9. The molecule has 1 aliphatic carbocycles. The summed E-state index contributed by atoms with van der Waals surface area (Å²) in [5.74, 6) is 0.943. The van der Waals surface area contributed by atoms with Gasteiger partial charge in [-0.15, -0.1) is 5.10 Å². The van der Waals surface area contributed by atoms with Crippen molar-refractivity contribution in [2.45, 2.75) is 50.7 Å². The molecule has 0 saturated heterocycles. The smallest absolute Gasteiger partial charge is 0.230 e. The van der Waals surface area contributed by atoms with Crippen molar-refractivity contribution in [2.24, 2.45) is 5.92 Å². The molecule has 0 unspecified atom stereocenters. The van der Waals surface area contributed by atoms with Gasteiger partial charge in [0.1, 0.15) is 0 Å². The van der Waals surface area contributed by atoms with Crippen LogP contribution in [-0.4, -0.2) is 37.9 Å².